The third-order valence-electron chi connectivity index (χ3n) is 4.73. The van der Waals surface area contributed by atoms with Gasteiger partial charge < -0.3 is 9.88 Å². The van der Waals surface area contributed by atoms with E-state index in [0.717, 1.165) is 39.9 Å². The Morgan fingerprint density at radius 2 is 2.04 bits per heavy atom. The van der Waals surface area contributed by atoms with Gasteiger partial charge in [-0.25, -0.2) is 0 Å². The maximum atomic E-state index is 12.7. The van der Waals surface area contributed by atoms with E-state index in [1.54, 1.807) is 6.08 Å². The minimum Gasteiger partial charge on any atom is -0.347 e. The topological polar surface area (TPSA) is 81.6 Å². The van der Waals surface area contributed by atoms with Crippen molar-refractivity contribution in [2.75, 3.05) is 5.32 Å². The zero-order valence-electron chi connectivity index (χ0n) is 16.0. The Morgan fingerprint density at radius 1 is 1.29 bits per heavy atom. The fourth-order valence-corrected chi connectivity index (χ4v) is 4.43. The lowest BCUT2D eigenvalue weighted by Gasteiger charge is -2.02. The molecule has 0 unspecified atom stereocenters. The summed E-state index contributed by atoms with van der Waals surface area (Å²) in [6.07, 6.45) is 4.27. The predicted molar refractivity (Wildman–Crippen MR) is 113 cm³/mol. The molecule has 5 nitrogen and oxygen atoms in total. The number of hydrogen-bond acceptors (Lipinski definition) is 4. The first kappa shape index (κ1) is 19.4. The molecule has 2 heterocycles. The van der Waals surface area contributed by atoms with Crippen molar-refractivity contribution >= 4 is 39.2 Å². The number of amides is 1. The fourth-order valence-electron chi connectivity index (χ4n) is 3.34. The number of para-hydroxylation sites is 1. The van der Waals surface area contributed by atoms with Crippen molar-refractivity contribution in [3.63, 3.8) is 0 Å². The van der Waals surface area contributed by atoms with Crippen LogP contribution >= 0.6 is 11.3 Å². The van der Waals surface area contributed by atoms with Gasteiger partial charge in [0.1, 0.15) is 22.7 Å². The van der Waals surface area contributed by atoms with E-state index in [-0.39, 0.29) is 5.57 Å². The largest absolute Gasteiger partial charge is 0.347 e. The van der Waals surface area contributed by atoms with Crippen molar-refractivity contribution < 1.29 is 4.79 Å². The van der Waals surface area contributed by atoms with Gasteiger partial charge >= 0.3 is 0 Å². The molecule has 0 aliphatic heterocycles. The number of rotatable bonds is 5. The van der Waals surface area contributed by atoms with Crippen molar-refractivity contribution in [2.24, 2.45) is 0 Å². The van der Waals surface area contributed by atoms with Gasteiger partial charge in [0.2, 0.25) is 0 Å². The number of fused-ring (bicyclic) bond motifs is 1. The number of carbonyl (C=O) groups excluding carboxylic acids is 1. The SMILES string of the molecule is CCc1c(C)sc(NC(=O)/C(C#N)=C/c2cn(CC)c3ccccc23)c1C#N. The van der Waals surface area contributed by atoms with Crippen LogP contribution in [0.5, 0.6) is 0 Å². The van der Waals surface area contributed by atoms with Crippen LogP contribution in [0.15, 0.2) is 36.0 Å². The van der Waals surface area contributed by atoms with Crippen molar-refractivity contribution in [1.29, 1.82) is 10.5 Å². The Bertz CT molecular complexity index is 1170. The molecular weight excluding hydrogens is 368 g/mol. The van der Waals surface area contributed by atoms with Crippen molar-refractivity contribution in [2.45, 2.75) is 33.7 Å². The van der Waals surface area contributed by atoms with Crippen LogP contribution in [0.4, 0.5) is 5.00 Å². The van der Waals surface area contributed by atoms with Crippen molar-refractivity contribution in [1.82, 2.24) is 4.57 Å². The summed E-state index contributed by atoms with van der Waals surface area (Å²) in [4.78, 5) is 13.7. The van der Waals surface area contributed by atoms with E-state index < -0.39 is 5.91 Å². The molecular formula is C22H20N4OS. The lowest BCUT2D eigenvalue weighted by atomic mass is 10.1. The number of nitrogens with zero attached hydrogens (tertiary/aromatic N) is 3. The van der Waals surface area contributed by atoms with Crippen LogP contribution in [0.25, 0.3) is 17.0 Å². The molecule has 0 spiro atoms. The summed E-state index contributed by atoms with van der Waals surface area (Å²) in [5.74, 6) is -0.503. The molecule has 140 valence electrons. The van der Waals surface area contributed by atoms with Gasteiger partial charge in [0.15, 0.2) is 0 Å². The first-order valence-electron chi connectivity index (χ1n) is 9.07. The Labute approximate surface area is 168 Å². The third kappa shape index (κ3) is 3.43. The van der Waals surface area contributed by atoms with E-state index in [0.29, 0.717) is 10.6 Å². The van der Waals surface area contributed by atoms with Gasteiger partial charge in [-0.1, -0.05) is 25.1 Å². The molecule has 0 radical (unpaired) electrons. The molecule has 3 rings (SSSR count). The van der Waals surface area contributed by atoms with E-state index in [9.17, 15) is 15.3 Å². The number of anilines is 1. The molecule has 1 N–H and O–H groups in total. The summed E-state index contributed by atoms with van der Waals surface area (Å²) in [7, 11) is 0. The van der Waals surface area contributed by atoms with Gasteiger partial charge in [-0.3, -0.25) is 4.79 Å². The van der Waals surface area contributed by atoms with Crippen LogP contribution in [0.1, 0.15) is 35.4 Å². The molecule has 0 aliphatic rings. The van der Waals surface area contributed by atoms with Gasteiger partial charge in [-0.2, -0.15) is 10.5 Å². The first-order valence-corrected chi connectivity index (χ1v) is 9.89. The molecule has 0 saturated carbocycles. The molecule has 1 amide bonds. The van der Waals surface area contributed by atoms with Crippen molar-refractivity contribution in [3.8, 4) is 12.1 Å². The quantitative estimate of drug-likeness (QED) is 0.493. The maximum absolute atomic E-state index is 12.7. The number of carbonyl (C=O) groups is 1. The second-order valence-corrected chi connectivity index (χ2v) is 7.54. The van der Waals surface area contributed by atoms with Crippen LogP contribution in [-0.2, 0) is 17.8 Å². The second-order valence-electron chi connectivity index (χ2n) is 6.32. The van der Waals surface area contributed by atoms with Gasteiger partial charge in [-0.15, -0.1) is 11.3 Å². The number of aryl methyl sites for hydroxylation is 2. The normalized spacial score (nSPS) is 11.2. The van der Waals surface area contributed by atoms with Crippen LogP contribution in [0.3, 0.4) is 0 Å². The predicted octanol–water partition coefficient (Wildman–Crippen LogP) is 5.01. The molecule has 2 aromatic heterocycles. The van der Waals surface area contributed by atoms with Gasteiger partial charge in [0, 0.05) is 34.1 Å². The van der Waals surface area contributed by atoms with Crippen LogP contribution < -0.4 is 5.32 Å². The average Bonchev–Trinajstić information content (AvgIpc) is 3.22. The number of nitriles is 2. The Hall–Kier alpha value is -3.35. The maximum Gasteiger partial charge on any atom is 0.266 e. The number of hydrogen-bond donors (Lipinski definition) is 1. The minimum atomic E-state index is -0.503. The molecule has 0 saturated heterocycles. The van der Waals surface area contributed by atoms with Crippen molar-refractivity contribution in [3.05, 3.63) is 57.6 Å². The summed E-state index contributed by atoms with van der Waals surface area (Å²) in [6.45, 7) is 6.75. The number of aromatic nitrogens is 1. The van der Waals surface area contributed by atoms with Crippen LogP contribution in [0.2, 0.25) is 0 Å². The number of thiophene rings is 1. The molecule has 3 aromatic rings. The monoisotopic (exact) mass is 388 g/mol. The lowest BCUT2D eigenvalue weighted by molar-refractivity contribution is -0.112. The van der Waals surface area contributed by atoms with Crippen LogP contribution in [-0.4, -0.2) is 10.5 Å². The molecule has 0 fully saturated rings. The molecule has 0 aliphatic carbocycles. The summed E-state index contributed by atoms with van der Waals surface area (Å²) in [6, 6.07) is 12.1. The molecule has 1 aromatic carbocycles. The smallest absolute Gasteiger partial charge is 0.266 e. The first-order chi connectivity index (χ1) is 13.5. The van der Waals surface area contributed by atoms with Gasteiger partial charge in [0.25, 0.3) is 5.91 Å². The zero-order chi connectivity index (χ0) is 20.3. The number of benzene rings is 1. The van der Waals surface area contributed by atoms with Gasteiger partial charge in [0.05, 0.1) is 5.56 Å². The molecule has 0 atom stereocenters. The summed E-state index contributed by atoms with van der Waals surface area (Å²) in [5, 5.41) is 23.3. The Morgan fingerprint density at radius 3 is 2.68 bits per heavy atom. The van der Waals surface area contributed by atoms with E-state index in [1.165, 1.54) is 11.3 Å². The highest BCUT2D eigenvalue weighted by Crippen LogP contribution is 2.33. The standard InChI is InChI=1S/C22H20N4OS/c1-4-17-14(3)28-22(19(17)12-24)25-21(27)15(11-23)10-16-13-26(5-2)20-9-7-6-8-18(16)20/h6-10,13H,4-5H2,1-3H3,(H,25,27)/b15-10+. The second kappa shape index (κ2) is 8.12. The highest BCUT2D eigenvalue weighted by atomic mass is 32.1. The number of nitrogens with one attached hydrogen (secondary N) is 1. The summed E-state index contributed by atoms with van der Waals surface area (Å²) >= 11 is 1.37. The Balaban J connectivity index is 1.98. The zero-order valence-corrected chi connectivity index (χ0v) is 16.9. The van der Waals surface area contributed by atoms with E-state index >= 15 is 0 Å². The fraction of sp³-hybridized carbons (Fsp3) is 0.227. The highest BCUT2D eigenvalue weighted by molar-refractivity contribution is 7.16. The average molecular weight is 388 g/mol. The molecule has 0 bridgehead atoms. The van der Waals surface area contributed by atoms with Crippen LogP contribution in [0, 0.1) is 29.6 Å². The van der Waals surface area contributed by atoms with Gasteiger partial charge in [-0.05, 0) is 38.0 Å². The van der Waals surface area contributed by atoms with E-state index in [4.69, 9.17) is 0 Å². The minimum absolute atomic E-state index is 0.00648. The summed E-state index contributed by atoms with van der Waals surface area (Å²) in [5.41, 5.74) is 3.31. The Kier molecular flexibility index (Phi) is 5.63. The molecule has 28 heavy (non-hydrogen) atoms. The molecule has 6 heteroatoms. The van der Waals surface area contributed by atoms with E-state index in [2.05, 4.69) is 16.0 Å². The summed E-state index contributed by atoms with van der Waals surface area (Å²) < 4.78 is 2.08. The lowest BCUT2D eigenvalue weighted by Crippen LogP contribution is -2.13. The highest BCUT2D eigenvalue weighted by Gasteiger charge is 2.18. The third-order valence-corrected chi connectivity index (χ3v) is 5.79. The van der Waals surface area contributed by atoms with E-state index in [1.807, 2.05) is 57.3 Å².